The van der Waals surface area contributed by atoms with Crippen LogP contribution in [0.2, 0.25) is 5.15 Å². The molecule has 0 bridgehead atoms. The Hall–Kier alpha value is -2.09. The molecule has 128 valence electrons. The van der Waals surface area contributed by atoms with E-state index >= 15 is 0 Å². The SMILES string of the molecule is CCCCn1nc(C)c(C(=O)OCC(=O)NC(=O)NCC)c1Cl. The predicted molar refractivity (Wildman–Crippen MR) is 84.4 cm³/mol. The number of amides is 3. The first kappa shape index (κ1) is 19.0. The second-order valence-corrected chi connectivity index (χ2v) is 5.17. The van der Waals surface area contributed by atoms with E-state index in [2.05, 4.69) is 10.4 Å². The maximum atomic E-state index is 12.0. The third-order valence-electron chi connectivity index (χ3n) is 2.92. The number of hydrogen-bond acceptors (Lipinski definition) is 5. The molecule has 1 heterocycles. The van der Waals surface area contributed by atoms with E-state index in [0.29, 0.717) is 18.8 Å². The molecule has 0 aliphatic rings. The van der Waals surface area contributed by atoms with Crippen molar-refractivity contribution in [3.8, 4) is 0 Å². The Morgan fingerprint density at radius 3 is 2.61 bits per heavy atom. The molecule has 0 unspecified atom stereocenters. The van der Waals surface area contributed by atoms with Crippen LogP contribution in [0, 0.1) is 6.92 Å². The molecule has 1 rings (SSSR count). The normalized spacial score (nSPS) is 10.3. The van der Waals surface area contributed by atoms with Crippen molar-refractivity contribution in [2.45, 2.75) is 40.2 Å². The van der Waals surface area contributed by atoms with Crippen LogP contribution in [0.5, 0.6) is 0 Å². The van der Waals surface area contributed by atoms with Crippen LogP contribution in [0.25, 0.3) is 0 Å². The van der Waals surface area contributed by atoms with Crippen molar-refractivity contribution < 1.29 is 19.1 Å². The van der Waals surface area contributed by atoms with Gasteiger partial charge in [0.1, 0.15) is 10.7 Å². The highest BCUT2D eigenvalue weighted by Crippen LogP contribution is 2.21. The standard InChI is InChI=1S/C14H21ClN4O4/c1-4-6-7-19-12(15)11(9(3)18-19)13(21)23-8-10(20)17-14(22)16-5-2/h4-8H2,1-3H3,(H2,16,17,20,22). The fourth-order valence-electron chi connectivity index (χ4n) is 1.81. The number of aryl methyl sites for hydroxylation is 2. The van der Waals surface area contributed by atoms with Crippen molar-refractivity contribution in [3.05, 3.63) is 16.4 Å². The molecule has 0 atom stereocenters. The number of rotatable bonds is 7. The number of unbranched alkanes of at least 4 members (excludes halogenated alkanes) is 1. The van der Waals surface area contributed by atoms with Crippen molar-refractivity contribution in [3.63, 3.8) is 0 Å². The summed E-state index contributed by atoms with van der Waals surface area (Å²) in [4.78, 5) is 34.7. The van der Waals surface area contributed by atoms with Gasteiger partial charge in [-0.05, 0) is 20.3 Å². The molecule has 0 saturated heterocycles. The second-order valence-electron chi connectivity index (χ2n) is 4.81. The highest BCUT2D eigenvalue weighted by molar-refractivity contribution is 6.32. The molecule has 1 aromatic heterocycles. The number of urea groups is 1. The fourth-order valence-corrected chi connectivity index (χ4v) is 2.15. The lowest BCUT2D eigenvalue weighted by molar-refractivity contribution is -0.123. The number of carbonyl (C=O) groups is 3. The van der Waals surface area contributed by atoms with E-state index in [1.54, 1.807) is 13.8 Å². The summed E-state index contributed by atoms with van der Waals surface area (Å²) >= 11 is 6.14. The van der Waals surface area contributed by atoms with Gasteiger partial charge in [0.2, 0.25) is 0 Å². The van der Waals surface area contributed by atoms with Crippen LogP contribution in [0.4, 0.5) is 4.79 Å². The number of esters is 1. The van der Waals surface area contributed by atoms with Gasteiger partial charge < -0.3 is 10.1 Å². The van der Waals surface area contributed by atoms with Gasteiger partial charge in [0, 0.05) is 13.1 Å². The largest absolute Gasteiger partial charge is 0.452 e. The van der Waals surface area contributed by atoms with E-state index in [0.717, 1.165) is 12.8 Å². The first-order valence-electron chi connectivity index (χ1n) is 7.38. The summed E-state index contributed by atoms with van der Waals surface area (Å²) in [7, 11) is 0. The Kier molecular flexibility index (Phi) is 7.53. The molecule has 0 saturated carbocycles. The number of nitrogens with one attached hydrogen (secondary N) is 2. The minimum absolute atomic E-state index is 0.133. The van der Waals surface area contributed by atoms with Crippen LogP contribution in [0.3, 0.4) is 0 Å². The molecule has 0 aromatic carbocycles. The summed E-state index contributed by atoms with van der Waals surface area (Å²) in [6, 6.07) is -0.643. The van der Waals surface area contributed by atoms with Gasteiger partial charge in [-0.3, -0.25) is 14.8 Å². The van der Waals surface area contributed by atoms with E-state index in [1.807, 2.05) is 12.2 Å². The third-order valence-corrected chi connectivity index (χ3v) is 3.30. The van der Waals surface area contributed by atoms with Crippen LogP contribution in [0.1, 0.15) is 42.7 Å². The summed E-state index contributed by atoms with van der Waals surface area (Å²) < 4.78 is 6.41. The van der Waals surface area contributed by atoms with Crippen LogP contribution >= 0.6 is 11.6 Å². The number of hydrogen-bond donors (Lipinski definition) is 2. The van der Waals surface area contributed by atoms with Crippen LogP contribution in [0.15, 0.2) is 0 Å². The molecule has 9 heteroatoms. The molecule has 0 aliphatic carbocycles. The number of aromatic nitrogens is 2. The first-order valence-corrected chi connectivity index (χ1v) is 7.76. The van der Waals surface area contributed by atoms with E-state index < -0.39 is 24.5 Å². The maximum absolute atomic E-state index is 12.0. The Bertz CT molecular complexity index is 586. The lowest BCUT2D eigenvalue weighted by Crippen LogP contribution is -2.41. The van der Waals surface area contributed by atoms with Gasteiger partial charge in [-0.2, -0.15) is 5.10 Å². The average molecular weight is 345 g/mol. The van der Waals surface area contributed by atoms with E-state index in [1.165, 1.54) is 4.68 Å². The smallest absolute Gasteiger partial charge is 0.343 e. The minimum atomic E-state index is -0.749. The van der Waals surface area contributed by atoms with Crippen molar-refractivity contribution in [1.82, 2.24) is 20.4 Å². The van der Waals surface area contributed by atoms with Gasteiger partial charge in [-0.1, -0.05) is 24.9 Å². The highest BCUT2D eigenvalue weighted by atomic mass is 35.5. The molecule has 0 fully saturated rings. The molecule has 0 radical (unpaired) electrons. The van der Waals surface area contributed by atoms with Gasteiger partial charge in [-0.15, -0.1) is 0 Å². The molecular weight excluding hydrogens is 324 g/mol. The summed E-state index contributed by atoms with van der Waals surface area (Å²) in [5.41, 5.74) is 0.564. The zero-order valence-corrected chi connectivity index (χ0v) is 14.2. The molecular formula is C14H21ClN4O4. The topological polar surface area (TPSA) is 102 Å². The highest BCUT2D eigenvalue weighted by Gasteiger charge is 2.22. The van der Waals surface area contributed by atoms with Gasteiger partial charge in [0.25, 0.3) is 5.91 Å². The number of halogens is 1. The number of imide groups is 1. The molecule has 0 aliphatic heterocycles. The molecule has 2 N–H and O–H groups in total. The molecule has 1 aromatic rings. The summed E-state index contributed by atoms with van der Waals surface area (Å²) in [5.74, 6) is -1.47. The molecule has 23 heavy (non-hydrogen) atoms. The quantitative estimate of drug-likeness (QED) is 0.732. The van der Waals surface area contributed by atoms with Crippen molar-refractivity contribution in [2.75, 3.05) is 13.2 Å². The summed E-state index contributed by atoms with van der Waals surface area (Å²) in [6.45, 7) is 5.79. The number of ether oxygens (including phenoxy) is 1. The van der Waals surface area contributed by atoms with E-state index in [-0.39, 0.29) is 10.7 Å². The zero-order chi connectivity index (χ0) is 17.4. The fraction of sp³-hybridized carbons (Fsp3) is 0.571. The Morgan fingerprint density at radius 2 is 2.00 bits per heavy atom. The minimum Gasteiger partial charge on any atom is -0.452 e. The Balaban J connectivity index is 2.63. The first-order chi connectivity index (χ1) is 10.9. The number of nitrogens with zero attached hydrogens (tertiary/aromatic N) is 2. The second kappa shape index (κ2) is 9.14. The lowest BCUT2D eigenvalue weighted by atomic mass is 10.3. The molecule has 8 nitrogen and oxygen atoms in total. The predicted octanol–water partition coefficient (Wildman–Crippen LogP) is 1.65. The van der Waals surface area contributed by atoms with Gasteiger partial charge in [0.15, 0.2) is 6.61 Å². The maximum Gasteiger partial charge on any atom is 0.343 e. The van der Waals surface area contributed by atoms with E-state index in [9.17, 15) is 14.4 Å². The van der Waals surface area contributed by atoms with Crippen LogP contribution < -0.4 is 10.6 Å². The van der Waals surface area contributed by atoms with Crippen molar-refractivity contribution >= 4 is 29.5 Å². The molecule has 3 amide bonds. The van der Waals surface area contributed by atoms with Crippen molar-refractivity contribution in [2.24, 2.45) is 0 Å². The van der Waals surface area contributed by atoms with Gasteiger partial charge >= 0.3 is 12.0 Å². The third kappa shape index (κ3) is 5.55. The van der Waals surface area contributed by atoms with Crippen LogP contribution in [-0.2, 0) is 16.1 Å². The van der Waals surface area contributed by atoms with Crippen LogP contribution in [-0.4, -0.2) is 40.8 Å². The van der Waals surface area contributed by atoms with Gasteiger partial charge in [0.05, 0.1) is 5.69 Å². The van der Waals surface area contributed by atoms with Gasteiger partial charge in [-0.25, -0.2) is 9.59 Å². The Labute approximate surface area is 139 Å². The van der Waals surface area contributed by atoms with E-state index in [4.69, 9.17) is 16.3 Å². The van der Waals surface area contributed by atoms with Crippen molar-refractivity contribution in [1.29, 1.82) is 0 Å². The summed E-state index contributed by atoms with van der Waals surface area (Å²) in [6.07, 6.45) is 1.85. The average Bonchev–Trinajstić information content (AvgIpc) is 2.77. The monoisotopic (exact) mass is 344 g/mol. The molecule has 0 spiro atoms. The Morgan fingerprint density at radius 1 is 1.30 bits per heavy atom. The zero-order valence-electron chi connectivity index (χ0n) is 13.4. The summed E-state index contributed by atoms with van der Waals surface area (Å²) in [5, 5.41) is 8.79. The number of carbonyl (C=O) groups excluding carboxylic acids is 3. The lowest BCUT2D eigenvalue weighted by Gasteiger charge is -2.06.